The van der Waals surface area contributed by atoms with E-state index in [2.05, 4.69) is 5.32 Å². The van der Waals surface area contributed by atoms with Gasteiger partial charge in [0.1, 0.15) is 5.76 Å². The molecule has 0 bridgehead atoms. The summed E-state index contributed by atoms with van der Waals surface area (Å²) in [6.07, 6.45) is -0.0497. The van der Waals surface area contributed by atoms with E-state index in [1.54, 1.807) is 20.3 Å². The Hall–Kier alpha value is -1.37. The Labute approximate surface area is 106 Å². The number of hydrogen-bond acceptors (Lipinski definition) is 5. The second kappa shape index (κ2) is 7.15. The first kappa shape index (κ1) is 14.7. The molecule has 1 heterocycles. The first-order chi connectivity index (χ1) is 8.58. The Kier molecular flexibility index (Phi) is 5.84. The lowest BCUT2D eigenvalue weighted by molar-refractivity contribution is 0.0272. The van der Waals surface area contributed by atoms with Crippen LogP contribution in [0.5, 0.6) is 0 Å². The first-order valence-corrected chi connectivity index (χ1v) is 5.66. The van der Waals surface area contributed by atoms with Crippen molar-refractivity contribution >= 4 is 5.97 Å². The zero-order valence-electron chi connectivity index (χ0n) is 10.8. The van der Waals surface area contributed by atoms with Crippen LogP contribution in [0.2, 0.25) is 0 Å². The van der Waals surface area contributed by atoms with Crippen molar-refractivity contribution in [2.24, 2.45) is 0 Å². The molecule has 2 unspecified atom stereocenters. The van der Waals surface area contributed by atoms with E-state index < -0.39 is 5.97 Å². The van der Waals surface area contributed by atoms with Crippen LogP contribution in [-0.2, 0) is 9.47 Å². The number of carbonyl (C=O) groups is 1. The van der Waals surface area contributed by atoms with E-state index in [0.29, 0.717) is 18.9 Å². The van der Waals surface area contributed by atoms with Gasteiger partial charge in [-0.3, -0.25) is 0 Å². The van der Waals surface area contributed by atoms with E-state index >= 15 is 0 Å². The minimum absolute atomic E-state index is 0.0497. The van der Waals surface area contributed by atoms with E-state index in [-0.39, 0.29) is 17.9 Å². The van der Waals surface area contributed by atoms with Crippen LogP contribution in [0.3, 0.4) is 0 Å². The van der Waals surface area contributed by atoms with E-state index in [4.69, 9.17) is 19.0 Å². The largest absolute Gasteiger partial charge is 0.475 e. The summed E-state index contributed by atoms with van der Waals surface area (Å²) in [4.78, 5) is 10.7. The number of hydrogen-bond donors (Lipinski definition) is 2. The molecule has 0 saturated carbocycles. The molecular formula is C12H19NO5. The number of carboxylic acids is 1. The minimum Gasteiger partial charge on any atom is -0.475 e. The molecule has 0 spiro atoms. The lowest BCUT2D eigenvalue weighted by Gasteiger charge is -2.17. The number of carboxylic acid groups (broad SMARTS) is 1. The van der Waals surface area contributed by atoms with Gasteiger partial charge in [-0.05, 0) is 19.1 Å². The molecule has 6 nitrogen and oxygen atoms in total. The van der Waals surface area contributed by atoms with E-state index in [0.717, 1.165) is 0 Å². The highest BCUT2D eigenvalue weighted by molar-refractivity contribution is 5.84. The van der Waals surface area contributed by atoms with Crippen molar-refractivity contribution in [2.45, 2.75) is 19.1 Å². The summed E-state index contributed by atoms with van der Waals surface area (Å²) in [5.41, 5.74) is 0. The van der Waals surface area contributed by atoms with Gasteiger partial charge in [0.2, 0.25) is 5.76 Å². The molecule has 0 fully saturated rings. The van der Waals surface area contributed by atoms with Gasteiger partial charge in [0.05, 0.1) is 18.8 Å². The third-order valence-electron chi connectivity index (χ3n) is 2.60. The molecule has 0 aliphatic rings. The second-order valence-corrected chi connectivity index (χ2v) is 3.95. The maximum Gasteiger partial charge on any atom is 0.371 e. The quantitative estimate of drug-likeness (QED) is 0.730. The Morgan fingerprint density at radius 2 is 2.22 bits per heavy atom. The summed E-state index contributed by atoms with van der Waals surface area (Å²) in [5, 5.41) is 12.0. The Bertz CT molecular complexity index is 376. The highest BCUT2D eigenvalue weighted by atomic mass is 16.5. The molecule has 0 radical (unpaired) electrons. The third kappa shape index (κ3) is 4.14. The molecule has 102 valence electrons. The van der Waals surface area contributed by atoms with E-state index in [9.17, 15) is 4.79 Å². The van der Waals surface area contributed by atoms with Crippen LogP contribution in [-0.4, -0.2) is 44.6 Å². The Balaban J connectivity index is 2.48. The van der Waals surface area contributed by atoms with Gasteiger partial charge in [-0.1, -0.05) is 0 Å². The Morgan fingerprint density at radius 1 is 1.50 bits per heavy atom. The van der Waals surface area contributed by atoms with Gasteiger partial charge in [-0.25, -0.2) is 4.79 Å². The monoisotopic (exact) mass is 257 g/mol. The molecule has 2 atom stereocenters. The zero-order valence-corrected chi connectivity index (χ0v) is 10.8. The number of nitrogens with one attached hydrogen (secondary N) is 1. The summed E-state index contributed by atoms with van der Waals surface area (Å²) in [5.74, 6) is -0.541. The number of methoxy groups -OCH3 is 2. The lowest BCUT2D eigenvalue weighted by atomic mass is 10.2. The standard InChI is InChI=1S/C12H19NO5/c1-8(13-6-9(17-3)7-16-2)10-4-5-11(18-10)12(14)15/h4-5,8-9,13H,6-7H2,1-3H3,(H,14,15). The fourth-order valence-electron chi connectivity index (χ4n) is 1.51. The van der Waals surface area contributed by atoms with Crippen molar-refractivity contribution in [1.82, 2.24) is 5.32 Å². The van der Waals surface area contributed by atoms with Crippen molar-refractivity contribution in [2.75, 3.05) is 27.4 Å². The first-order valence-electron chi connectivity index (χ1n) is 5.66. The predicted octanol–water partition coefficient (Wildman–Crippen LogP) is 1.29. The summed E-state index contributed by atoms with van der Waals surface area (Å²) in [6.45, 7) is 2.98. The second-order valence-electron chi connectivity index (χ2n) is 3.95. The van der Waals surface area contributed by atoms with Crippen LogP contribution in [0.15, 0.2) is 16.5 Å². The SMILES string of the molecule is COCC(CNC(C)c1ccc(C(=O)O)o1)OC. The molecule has 0 aliphatic carbocycles. The molecule has 1 aromatic rings. The van der Waals surface area contributed by atoms with Crippen molar-refractivity contribution in [1.29, 1.82) is 0 Å². The molecule has 6 heteroatoms. The summed E-state index contributed by atoms with van der Waals surface area (Å²) in [7, 11) is 3.23. The van der Waals surface area contributed by atoms with E-state index in [1.165, 1.54) is 6.07 Å². The van der Waals surface area contributed by atoms with Gasteiger partial charge in [-0.2, -0.15) is 0 Å². The molecule has 0 saturated heterocycles. The fourth-order valence-corrected chi connectivity index (χ4v) is 1.51. The normalized spacial score (nSPS) is 14.4. The van der Waals surface area contributed by atoms with Crippen molar-refractivity contribution < 1.29 is 23.8 Å². The molecular weight excluding hydrogens is 238 g/mol. The topological polar surface area (TPSA) is 80.9 Å². The van der Waals surface area contributed by atoms with Crippen LogP contribution in [0, 0.1) is 0 Å². The molecule has 0 aromatic carbocycles. The molecule has 1 rings (SSSR count). The van der Waals surface area contributed by atoms with Gasteiger partial charge >= 0.3 is 5.97 Å². The Morgan fingerprint density at radius 3 is 2.72 bits per heavy atom. The predicted molar refractivity (Wildman–Crippen MR) is 64.8 cm³/mol. The smallest absolute Gasteiger partial charge is 0.371 e. The lowest BCUT2D eigenvalue weighted by Crippen LogP contribution is -2.33. The zero-order chi connectivity index (χ0) is 13.5. The maximum atomic E-state index is 10.7. The minimum atomic E-state index is -1.07. The summed E-state index contributed by atoms with van der Waals surface area (Å²) < 4.78 is 15.4. The fraction of sp³-hybridized carbons (Fsp3) is 0.583. The van der Waals surface area contributed by atoms with Gasteiger partial charge in [0.15, 0.2) is 0 Å². The van der Waals surface area contributed by atoms with Crippen molar-refractivity contribution in [3.63, 3.8) is 0 Å². The third-order valence-corrected chi connectivity index (χ3v) is 2.60. The van der Waals surface area contributed by atoms with E-state index in [1.807, 2.05) is 6.92 Å². The van der Waals surface area contributed by atoms with Crippen molar-refractivity contribution in [3.05, 3.63) is 23.7 Å². The molecule has 0 aliphatic heterocycles. The molecule has 2 N–H and O–H groups in total. The number of furan rings is 1. The molecule has 0 amide bonds. The van der Waals surface area contributed by atoms with Crippen LogP contribution in [0.4, 0.5) is 0 Å². The van der Waals surface area contributed by atoms with Gasteiger partial charge < -0.3 is 24.3 Å². The number of rotatable bonds is 8. The summed E-state index contributed by atoms with van der Waals surface area (Å²) in [6, 6.07) is 3.01. The average Bonchev–Trinajstić information content (AvgIpc) is 2.83. The van der Waals surface area contributed by atoms with Crippen LogP contribution in [0.25, 0.3) is 0 Å². The van der Waals surface area contributed by atoms with Crippen LogP contribution in [0.1, 0.15) is 29.3 Å². The molecule has 1 aromatic heterocycles. The highest BCUT2D eigenvalue weighted by Crippen LogP contribution is 2.16. The van der Waals surface area contributed by atoms with Gasteiger partial charge in [0.25, 0.3) is 0 Å². The van der Waals surface area contributed by atoms with Crippen LogP contribution >= 0.6 is 0 Å². The number of ether oxygens (including phenoxy) is 2. The summed E-state index contributed by atoms with van der Waals surface area (Å²) >= 11 is 0. The maximum absolute atomic E-state index is 10.7. The molecule has 18 heavy (non-hydrogen) atoms. The van der Waals surface area contributed by atoms with Crippen molar-refractivity contribution in [3.8, 4) is 0 Å². The van der Waals surface area contributed by atoms with Gasteiger partial charge in [0, 0.05) is 20.8 Å². The number of aromatic carboxylic acids is 1. The average molecular weight is 257 g/mol. The highest BCUT2D eigenvalue weighted by Gasteiger charge is 2.15. The van der Waals surface area contributed by atoms with Crippen LogP contribution < -0.4 is 5.32 Å². The van der Waals surface area contributed by atoms with Gasteiger partial charge in [-0.15, -0.1) is 0 Å².